The summed E-state index contributed by atoms with van der Waals surface area (Å²) in [5, 5.41) is 0. The van der Waals surface area contributed by atoms with Crippen LogP contribution in [-0.4, -0.2) is 46.8 Å². The second-order valence-electron chi connectivity index (χ2n) is 7.49. The normalized spacial score (nSPS) is 26.6. The zero-order valence-corrected chi connectivity index (χ0v) is 15.2. The van der Waals surface area contributed by atoms with Gasteiger partial charge in [-0.1, -0.05) is 30.3 Å². The molecule has 136 valence electrons. The van der Waals surface area contributed by atoms with Gasteiger partial charge >= 0.3 is 0 Å². The summed E-state index contributed by atoms with van der Waals surface area (Å²) >= 11 is 0. The molecule has 2 fully saturated rings. The van der Waals surface area contributed by atoms with Crippen LogP contribution in [0.1, 0.15) is 51.1 Å². The van der Waals surface area contributed by atoms with Crippen molar-refractivity contribution in [2.75, 3.05) is 13.1 Å². The Bertz CT molecular complexity index is 617. The molecule has 5 nitrogen and oxygen atoms in total. The van der Waals surface area contributed by atoms with Gasteiger partial charge in [-0.15, -0.1) is 0 Å². The standard InChI is InChI=1S/C20H29N3O2/c1-14(21)18-10-6-7-11-22(18)20(25)17-12-19(24)23(13-17)15(2)16-8-4-3-5-9-16/h3-5,8-9,14-15,17-18H,6-7,10-13,21H2,1-2H3. The molecule has 2 amide bonds. The Balaban J connectivity index is 1.70. The lowest BCUT2D eigenvalue weighted by atomic mass is 9.94. The molecule has 2 saturated heterocycles. The van der Waals surface area contributed by atoms with Crippen molar-refractivity contribution in [3.8, 4) is 0 Å². The van der Waals surface area contributed by atoms with Crippen molar-refractivity contribution in [3.05, 3.63) is 35.9 Å². The molecule has 0 spiro atoms. The van der Waals surface area contributed by atoms with Crippen molar-refractivity contribution in [2.45, 2.75) is 57.7 Å². The van der Waals surface area contributed by atoms with E-state index in [-0.39, 0.29) is 35.9 Å². The van der Waals surface area contributed by atoms with Gasteiger partial charge in [0, 0.05) is 31.6 Å². The lowest BCUT2D eigenvalue weighted by Gasteiger charge is -2.39. The Hall–Kier alpha value is -1.88. The third-order valence-corrected chi connectivity index (χ3v) is 5.70. The third kappa shape index (κ3) is 3.71. The average molecular weight is 343 g/mol. The minimum atomic E-state index is -0.238. The molecule has 2 aliphatic heterocycles. The number of carbonyl (C=O) groups excluding carboxylic acids is 2. The summed E-state index contributed by atoms with van der Waals surface area (Å²) < 4.78 is 0. The van der Waals surface area contributed by atoms with Crippen LogP contribution in [0.25, 0.3) is 0 Å². The summed E-state index contributed by atoms with van der Waals surface area (Å²) in [4.78, 5) is 29.4. The molecule has 2 N–H and O–H groups in total. The molecule has 1 aromatic carbocycles. The molecule has 0 aromatic heterocycles. The van der Waals surface area contributed by atoms with Crippen molar-refractivity contribution in [2.24, 2.45) is 11.7 Å². The van der Waals surface area contributed by atoms with E-state index in [0.717, 1.165) is 31.4 Å². The highest BCUT2D eigenvalue weighted by Gasteiger charge is 2.41. The molecule has 2 aliphatic rings. The van der Waals surface area contributed by atoms with Crippen LogP contribution in [0.2, 0.25) is 0 Å². The molecule has 1 aromatic rings. The maximum atomic E-state index is 13.1. The number of amides is 2. The topological polar surface area (TPSA) is 66.6 Å². The van der Waals surface area contributed by atoms with E-state index in [0.29, 0.717) is 13.0 Å². The van der Waals surface area contributed by atoms with E-state index in [2.05, 4.69) is 0 Å². The highest BCUT2D eigenvalue weighted by atomic mass is 16.2. The highest BCUT2D eigenvalue weighted by molar-refractivity contribution is 5.89. The van der Waals surface area contributed by atoms with E-state index in [9.17, 15) is 9.59 Å². The number of nitrogens with zero attached hydrogens (tertiary/aromatic N) is 2. The predicted molar refractivity (Wildman–Crippen MR) is 97.7 cm³/mol. The second-order valence-corrected chi connectivity index (χ2v) is 7.49. The molecule has 0 aliphatic carbocycles. The molecule has 4 unspecified atom stereocenters. The molecule has 2 heterocycles. The van der Waals surface area contributed by atoms with Gasteiger partial charge in [-0.3, -0.25) is 9.59 Å². The Labute approximate surface area is 150 Å². The first kappa shape index (κ1) is 17.9. The van der Waals surface area contributed by atoms with Gasteiger partial charge in [-0.25, -0.2) is 0 Å². The van der Waals surface area contributed by atoms with Gasteiger partial charge < -0.3 is 15.5 Å². The number of carbonyl (C=O) groups is 2. The lowest BCUT2D eigenvalue weighted by Crippen LogP contribution is -2.53. The van der Waals surface area contributed by atoms with Gasteiger partial charge in [-0.05, 0) is 38.7 Å². The predicted octanol–water partition coefficient (Wildman–Crippen LogP) is 2.32. The van der Waals surface area contributed by atoms with E-state index < -0.39 is 0 Å². The van der Waals surface area contributed by atoms with Crippen LogP contribution in [0, 0.1) is 5.92 Å². The molecule has 0 bridgehead atoms. The molecule has 5 heteroatoms. The maximum absolute atomic E-state index is 13.1. The number of benzene rings is 1. The van der Waals surface area contributed by atoms with Crippen molar-refractivity contribution in [3.63, 3.8) is 0 Å². The van der Waals surface area contributed by atoms with Gasteiger partial charge in [0.05, 0.1) is 12.0 Å². The van der Waals surface area contributed by atoms with Crippen LogP contribution in [0.5, 0.6) is 0 Å². The zero-order valence-electron chi connectivity index (χ0n) is 15.2. The summed E-state index contributed by atoms with van der Waals surface area (Å²) in [6.07, 6.45) is 3.43. The van der Waals surface area contributed by atoms with Crippen LogP contribution in [0.3, 0.4) is 0 Å². The summed E-state index contributed by atoms with van der Waals surface area (Å²) in [6.45, 7) is 5.28. The average Bonchev–Trinajstić information content (AvgIpc) is 3.03. The maximum Gasteiger partial charge on any atom is 0.228 e. The van der Waals surface area contributed by atoms with Crippen molar-refractivity contribution < 1.29 is 9.59 Å². The van der Waals surface area contributed by atoms with Crippen molar-refractivity contribution in [1.82, 2.24) is 9.80 Å². The molecule has 3 rings (SSSR count). The van der Waals surface area contributed by atoms with E-state index in [1.807, 2.05) is 54.0 Å². The smallest absolute Gasteiger partial charge is 0.228 e. The van der Waals surface area contributed by atoms with Crippen LogP contribution < -0.4 is 5.73 Å². The van der Waals surface area contributed by atoms with Crippen LogP contribution >= 0.6 is 0 Å². The van der Waals surface area contributed by atoms with Gasteiger partial charge in [0.2, 0.25) is 11.8 Å². The Kier molecular flexibility index (Phi) is 5.42. The molecular weight excluding hydrogens is 314 g/mol. The summed E-state index contributed by atoms with van der Waals surface area (Å²) in [7, 11) is 0. The SMILES string of the molecule is CC(N)C1CCCCN1C(=O)C1CC(=O)N(C(C)c2ccccc2)C1. The number of piperidine rings is 1. The zero-order chi connectivity index (χ0) is 18.0. The van der Waals surface area contributed by atoms with Gasteiger partial charge in [0.25, 0.3) is 0 Å². The highest BCUT2D eigenvalue weighted by Crippen LogP contribution is 2.31. The van der Waals surface area contributed by atoms with Gasteiger partial charge in [-0.2, -0.15) is 0 Å². The summed E-state index contributed by atoms with van der Waals surface area (Å²) in [6, 6.07) is 10.1. The Morgan fingerprint density at radius 1 is 1.20 bits per heavy atom. The number of rotatable bonds is 4. The van der Waals surface area contributed by atoms with Crippen molar-refractivity contribution in [1.29, 1.82) is 0 Å². The number of likely N-dealkylation sites (tertiary alicyclic amines) is 2. The summed E-state index contributed by atoms with van der Waals surface area (Å²) in [5.74, 6) is -0.0554. The number of nitrogens with two attached hydrogens (primary N) is 1. The second kappa shape index (κ2) is 7.56. The minimum absolute atomic E-state index is 0.00270. The largest absolute Gasteiger partial charge is 0.338 e. The van der Waals surface area contributed by atoms with Gasteiger partial charge in [0.1, 0.15) is 0 Å². The first-order valence-corrected chi connectivity index (χ1v) is 9.39. The lowest BCUT2D eigenvalue weighted by molar-refractivity contribution is -0.139. The first-order chi connectivity index (χ1) is 12.0. The molecule has 0 radical (unpaired) electrons. The fourth-order valence-electron chi connectivity index (χ4n) is 4.19. The third-order valence-electron chi connectivity index (χ3n) is 5.70. The molecule has 25 heavy (non-hydrogen) atoms. The van der Waals surface area contributed by atoms with Crippen LogP contribution in [0.4, 0.5) is 0 Å². The van der Waals surface area contributed by atoms with E-state index in [1.165, 1.54) is 0 Å². The van der Waals surface area contributed by atoms with Crippen LogP contribution in [-0.2, 0) is 9.59 Å². The first-order valence-electron chi connectivity index (χ1n) is 9.39. The Morgan fingerprint density at radius 3 is 2.60 bits per heavy atom. The molecule has 0 saturated carbocycles. The number of hydrogen-bond acceptors (Lipinski definition) is 3. The number of hydrogen-bond donors (Lipinski definition) is 1. The van der Waals surface area contributed by atoms with Crippen LogP contribution in [0.15, 0.2) is 30.3 Å². The molecular formula is C20H29N3O2. The monoisotopic (exact) mass is 343 g/mol. The fourth-order valence-corrected chi connectivity index (χ4v) is 4.19. The van der Waals surface area contributed by atoms with Crippen molar-refractivity contribution >= 4 is 11.8 Å². The fraction of sp³-hybridized carbons (Fsp3) is 0.600. The molecule has 4 atom stereocenters. The van der Waals surface area contributed by atoms with Gasteiger partial charge in [0.15, 0.2) is 0 Å². The van der Waals surface area contributed by atoms with E-state index in [1.54, 1.807) is 0 Å². The van der Waals surface area contributed by atoms with E-state index >= 15 is 0 Å². The van der Waals surface area contributed by atoms with E-state index in [4.69, 9.17) is 5.73 Å². The minimum Gasteiger partial charge on any atom is -0.338 e. The summed E-state index contributed by atoms with van der Waals surface area (Å²) in [5.41, 5.74) is 7.21. The Morgan fingerprint density at radius 2 is 1.92 bits per heavy atom. The quantitative estimate of drug-likeness (QED) is 0.912.